The van der Waals surface area contributed by atoms with Crippen molar-refractivity contribution in [3.8, 4) is 0 Å². The summed E-state index contributed by atoms with van der Waals surface area (Å²) < 4.78 is 1.40. The van der Waals surface area contributed by atoms with Gasteiger partial charge in [0.1, 0.15) is 12.1 Å². The maximum absolute atomic E-state index is 11.3. The van der Waals surface area contributed by atoms with E-state index >= 15 is 0 Å². The SMILES string of the molecule is CC1CCC(Nc2cc3n[nH]c(=O)n3cn2)CC1. The quantitative estimate of drug-likeness (QED) is 0.841. The van der Waals surface area contributed by atoms with Crippen molar-refractivity contribution in [2.75, 3.05) is 5.32 Å². The molecule has 6 heteroatoms. The van der Waals surface area contributed by atoms with Gasteiger partial charge in [0.05, 0.1) is 0 Å². The van der Waals surface area contributed by atoms with Gasteiger partial charge in [0, 0.05) is 12.1 Å². The Bertz CT molecular complexity index is 594. The fraction of sp³-hybridized carbons (Fsp3) is 0.583. The second kappa shape index (κ2) is 4.44. The van der Waals surface area contributed by atoms with Gasteiger partial charge in [0.25, 0.3) is 0 Å². The van der Waals surface area contributed by atoms with Crippen molar-refractivity contribution in [3.05, 3.63) is 22.9 Å². The molecular formula is C12H17N5O. The number of fused-ring (bicyclic) bond motifs is 1. The number of aromatic nitrogens is 4. The van der Waals surface area contributed by atoms with Crippen LogP contribution in [0.5, 0.6) is 0 Å². The molecule has 2 N–H and O–H groups in total. The highest BCUT2D eigenvalue weighted by Gasteiger charge is 2.18. The van der Waals surface area contributed by atoms with Crippen molar-refractivity contribution in [3.63, 3.8) is 0 Å². The Hall–Kier alpha value is -1.85. The zero-order valence-corrected chi connectivity index (χ0v) is 10.4. The van der Waals surface area contributed by atoms with E-state index < -0.39 is 0 Å². The van der Waals surface area contributed by atoms with Crippen LogP contribution < -0.4 is 11.0 Å². The number of hydrogen-bond donors (Lipinski definition) is 2. The number of rotatable bonds is 2. The van der Waals surface area contributed by atoms with Crippen molar-refractivity contribution in [1.82, 2.24) is 19.6 Å². The number of aromatic amines is 1. The van der Waals surface area contributed by atoms with Gasteiger partial charge < -0.3 is 5.32 Å². The van der Waals surface area contributed by atoms with Gasteiger partial charge in [-0.25, -0.2) is 19.3 Å². The van der Waals surface area contributed by atoms with E-state index in [1.165, 1.54) is 36.4 Å². The lowest BCUT2D eigenvalue weighted by Gasteiger charge is -2.27. The summed E-state index contributed by atoms with van der Waals surface area (Å²) in [4.78, 5) is 15.5. The van der Waals surface area contributed by atoms with E-state index in [1.807, 2.05) is 0 Å². The van der Waals surface area contributed by atoms with E-state index in [-0.39, 0.29) is 5.69 Å². The maximum atomic E-state index is 11.3. The van der Waals surface area contributed by atoms with E-state index in [0.29, 0.717) is 11.7 Å². The van der Waals surface area contributed by atoms with Gasteiger partial charge in [-0.1, -0.05) is 6.92 Å². The summed E-state index contributed by atoms with van der Waals surface area (Å²) >= 11 is 0. The first-order valence-electron chi connectivity index (χ1n) is 6.41. The summed E-state index contributed by atoms with van der Waals surface area (Å²) in [5.74, 6) is 1.63. The van der Waals surface area contributed by atoms with Gasteiger partial charge in [0.15, 0.2) is 5.65 Å². The number of hydrogen-bond acceptors (Lipinski definition) is 4. The largest absolute Gasteiger partial charge is 0.367 e. The first kappa shape index (κ1) is 11.3. The van der Waals surface area contributed by atoms with Gasteiger partial charge in [0.2, 0.25) is 0 Å². The zero-order valence-electron chi connectivity index (χ0n) is 10.4. The van der Waals surface area contributed by atoms with Crippen molar-refractivity contribution in [2.45, 2.75) is 38.6 Å². The number of nitrogens with one attached hydrogen (secondary N) is 2. The Labute approximate surface area is 104 Å². The predicted octanol–water partition coefficient (Wildman–Crippen LogP) is 1.41. The molecule has 1 saturated carbocycles. The van der Waals surface area contributed by atoms with Crippen LogP contribution >= 0.6 is 0 Å². The first-order valence-corrected chi connectivity index (χ1v) is 6.41. The van der Waals surface area contributed by atoms with E-state index in [4.69, 9.17) is 0 Å². The minimum Gasteiger partial charge on any atom is -0.367 e. The highest BCUT2D eigenvalue weighted by Crippen LogP contribution is 2.25. The molecule has 0 unspecified atom stereocenters. The number of nitrogens with zero attached hydrogens (tertiary/aromatic N) is 3. The monoisotopic (exact) mass is 247 g/mol. The van der Waals surface area contributed by atoms with E-state index in [9.17, 15) is 4.79 Å². The number of anilines is 1. The molecule has 0 aromatic carbocycles. The van der Waals surface area contributed by atoms with Gasteiger partial charge in [-0.15, -0.1) is 0 Å². The van der Waals surface area contributed by atoms with Gasteiger partial charge in [-0.3, -0.25) is 0 Å². The highest BCUT2D eigenvalue weighted by molar-refractivity contribution is 5.48. The van der Waals surface area contributed by atoms with Crippen molar-refractivity contribution >= 4 is 11.5 Å². The van der Waals surface area contributed by atoms with Crippen molar-refractivity contribution in [1.29, 1.82) is 0 Å². The summed E-state index contributed by atoms with van der Waals surface area (Å²) in [7, 11) is 0. The molecule has 2 aromatic rings. The fourth-order valence-corrected chi connectivity index (χ4v) is 2.50. The molecule has 6 nitrogen and oxygen atoms in total. The summed E-state index contributed by atoms with van der Waals surface area (Å²) in [6.45, 7) is 2.30. The van der Waals surface area contributed by atoms with Crippen LogP contribution in [-0.2, 0) is 0 Å². The van der Waals surface area contributed by atoms with Crippen LogP contribution in [0.15, 0.2) is 17.2 Å². The molecule has 3 rings (SSSR count). The second-order valence-corrected chi connectivity index (χ2v) is 5.13. The Kier molecular flexibility index (Phi) is 2.77. The molecule has 18 heavy (non-hydrogen) atoms. The molecule has 1 aliphatic rings. The molecule has 0 atom stereocenters. The van der Waals surface area contributed by atoms with Crippen LogP contribution in [0.1, 0.15) is 32.6 Å². The molecular weight excluding hydrogens is 230 g/mol. The first-order chi connectivity index (χ1) is 8.72. The standard InChI is InChI=1S/C12H17N5O/c1-8-2-4-9(5-3-8)14-10-6-11-15-16-12(18)17(11)7-13-10/h6-9,14H,2-5H2,1H3,(H,16,18). The van der Waals surface area contributed by atoms with Crippen LogP contribution in [0.2, 0.25) is 0 Å². The van der Waals surface area contributed by atoms with Crippen LogP contribution in [0.25, 0.3) is 5.65 Å². The molecule has 96 valence electrons. The average molecular weight is 247 g/mol. The Morgan fingerprint density at radius 1 is 1.39 bits per heavy atom. The van der Waals surface area contributed by atoms with Crippen LogP contribution in [0, 0.1) is 5.92 Å². The van der Waals surface area contributed by atoms with Crippen molar-refractivity contribution in [2.24, 2.45) is 5.92 Å². The molecule has 2 heterocycles. The third-order valence-corrected chi connectivity index (χ3v) is 3.68. The van der Waals surface area contributed by atoms with E-state index in [1.54, 1.807) is 6.07 Å². The summed E-state index contributed by atoms with van der Waals surface area (Å²) in [5, 5.41) is 9.75. The molecule has 2 aromatic heterocycles. The summed E-state index contributed by atoms with van der Waals surface area (Å²) in [6.07, 6.45) is 6.40. The molecule has 1 fully saturated rings. The van der Waals surface area contributed by atoms with Gasteiger partial charge in [-0.05, 0) is 31.6 Å². The van der Waals surface area contributed by atoms with Crippen LogP contribution in [-0.4, -0.2) is 25.6 Å². The zero-order chi connectivity index (χ0) is 12.5. The molecule has 0 amide bonds. The number of H-pyrrole nitrogens is 1. The van der Waals surface area contributed by atoms with Crippen LogP contribution in [0.3, 0.4) is 0 Å². The lowest BCUT2D eigenvalue weighted by Crippen LogP contribution is -2.25. The molecule has 0 spiro atoms. The lowest BCUT2D eigenvalue weighted by atomic mass is 9.87. The van der Waals surface area contributed by atoms with Crippen molar-refractivity contribution < 1.29 is 0 Å². The van der Waals surface area contributed by atoms with Crippen LogP contribution in [0.4, 0.5) is 5.82 Å². The lowest BCUT2D eigenvalue weighted by molar-refractivity contribution is 0.361. The Morgan fingerprint density at radius 3 is 2.94 bits per heavy atom. The Balaban J connectivity index is 1.76. The smallest absolute Gasteiger partial charge is 0.348 e. The van der Waals surface area contributed by atoms with Gasteiger partial charge >= 0.3 is 5.69 Å². The molecule has 0 bridgehead atoms. The summed E-state index contributed by atoms with van der Waals surface area (Å²) in [6, 6.07) is 2.29. The molecule has 0 radical (unpaired) electrons. The van der Waals surface area contributed by atoms with E-state index in [0.717, 1.165) is 11.7 Å². The Morgan fingerprint density at radius 2 is 2.17 bits per heavy atom. The summed E-state index contributed by atoms with van der Waals surface area (Å²) in [5.41, 5.74) is 0.345. The van der Waals surface area contributed by atoms with Gasteiger partial charge in [-0.2, -0.15) is 5.10 Å². The minimum atomic E-state index is -0.254. The fourth-order valence-electron chi connectivity index (χ4n) is 2.50. The third-order valence-electron chi connectivity index (χ3n) is 3.68. The highest BCUT2D eigenvalue weighted by atomic mass is 16.1. The normalized spacial score (nSPS) is 24.3. The topological polar surface area (TPSA) is 75.1 Å². The van der Waals surface area contributed by atoms with E-state index in [2.05, 4.69) is 27.4 Å². The predicted molar refractivity (Wildman–Crippen MR) is 68.7 cm³/mol. The second-order valence-electron chi connectivity index (χ2n) is 5.13. The third kappa shape index (κ3) is 2.10. The molecule has 0 saturated heterocycles. The molecule has 1 aliphatic carbocycles. The average Bonchev–Trinajstić information content (AvgIpc) is 2.74. The molecule has 0 aliphatic heterocycles. The maximum Gasteiger partial charge on any atom is 0.348 e. The minimum absolute atomic E-state index is 0.254.